The molecule has 0 aliphatic carbocycles. The second-order valence-corrected chi connectivity index (χ2v) is 5.15. The molecule has 4 heteroatoms. The molecule has 0 bridgehead atoms. The number of rotatable bonds is 4. The van der Waals surface area contributed by atoms with Crippen molar-refractivity contribution in [3.05, 3.63) is 18.0 Å². The van der Waals surface area contributed by atoms with Crippen molar-refractivity contribution >= 4 is 0 Å². The Bertz CT molecular complexity index is 347. The summed E-state index contributed by atoms with van der Waals surface area (Å²) in [7, 11) is 1.98. The highest BCUT2D eigenvalue weighted by molar-refractivity contribution is 4.99. The third-order valence-corrected chi connectivity index (χ3v) is 3.61. The van der Waals surface area contributed by atoms with Gasteiger partial charge in [-0.3, -0.25) is 9.58 Å². The molecule has 2 heterocycles. The van der Waals surface area contributed by atoms with Crippen LogP contribution in [0.5, 0.6) is 0 Å². The van der Waals surface area contributed by atoms with Crippen molar-refractivity contribution in [2.24, 2.45) is 13.0 Å². The highest BCUT2D eigenvalue weighted by Crippen LogP contribution is 2.18. The van der Waals surface area contributed by atoms with Crippen LogP contribution in [0, 0.1) is 5.92 Å². The standard InChI is InChI=1S/C13H24N4/c1-4-14-13-6-8-17(9-11(13)2)10-12-5-7-16(3)15-12/h5,7,11,13-14H,4,6,8-10H2,1-3H3. The zero-order valence-corrected chi connectivity index (χ0v) is 11.2. The monoisotopic (exact) mass is 236 g/mol. The molecule has 4 nitrogen and oxygen atoms in total. The number of aromatic nitrogens is 2. The van der Waals surface area contributed by atoms with E-state index in [0.29, 0.717) is 6.04 Å². The van der Waals surface area contributed by atoms with Crippen molar-refractivity contribution in [3.8, 4) is 0 Å². The van der Waals surface area contributed by atoms with Crippen LogP contribution in [-0.4, -0.2) is 40.4 Å². The van der Waals surface area contributed by atoms with E-state index in [1.165, 1.54) is 25.2 Å². The Hall–Kier alpha value is -0.870. The summed E-state index contributed by atoms with van der Waals surface area (Å²) in [6.45, 7) is 8.96. The first kappa shape index (κ1) is 12.6. The Morgan fingerprint density at radius 3 is 2.94 bits per heavy atom. The van der Waals surface area contributed by atoms with Gasteiger partial charge in [-0.2, -0.15) is 5.10 Å². The minimum Gasteiger partial charge on any atom is -0.314 e. The quantitative estimate of drug-likeness (QED) is 0.854. The first-order valence-corrected chi connectivity index (χ1v) is 6.63. The fourth-order valence-corrected chi connectivity index (χ4v) is 2.72. The van der Waals surface area contributed by atoms with Gasteiger partial charge < -0.3 is 5.32 Å². The third-order valence-electron chi connectivity index (χ3n) is 3.61. The Morgan fingerprint density at radius 2 is 2.35 bits per heavy atom. The summed E-state index contributed by atoms with van der Waals surface area (Å²) >= 11 is 0. The lowest BCUT2D eigenvalue weighted by Gasteiger charge is -2.37. The molecular weight excluding hydrogens is 212 g/mol. The highest BCUT2D eigenvalue weighted by atomic mass is 15.3. The Balaban J connectivity index is 1.85. The maximum absolute atomic E-state index is 4.44. The second kappa shape index (κ2) is 5.65. The van der Waals surface area contributed by atoms with Gasteiger partial charge >= 0.3 is 0 Å². The van der Waals surface area contributed by atoms with E-state index < -0.39 is 0 Å². The summed E-state index contributed by atoms with van der Waals surface area (Å²) < 4.78 is 1.88. The van der Waals surface area contributed by atoms with Crippen molar-refractivity contribution < 1.29 is 0 Å². The van der Waals surface area contributed by atoms with Crippen LogP contribution in [0.3, 0.4) is 0 Å². The van der Waals surface area contributed by atoms with E-state index in [1.807, 2.05) is 17.9 Å². The predicted molar refractivity (Wildman–Crippen MR) is 69.7 cm³/mol. The molecule has 0 aromatic carbocycles. The Labute approximate surface area is 104 Å². The van der Waals surface area contributed by atoms with Crippen LogP contribution in [0.2, 0.25) is 0 Å². The molecule has 96 valence electrons. The van der Waals surface area contributed by atoms with E-state index in [4.69, 9.17) is 0 Å². The van der Waals surface area contributed by atoms with E-state index in [1.54, 1.807) is 0 Å². The van der Waals surface area contributed by atoms with Crippen LogP contribution in [-0.2, 0) is 13.6 Å². The summed E-state index contributed by atoms with van der Waals surface area (Å²) in [6, 6.07) is 2.81. The topological polar surface area (TPSA) is 33.1 Å². The molecule has 0 radical (unpaired) electrons. The zero-order valence-electron chi connectivity index (χ0n) is 11.2. The largest absolute Gasteiger partial charge is 0.314 e. The Kier molecular flexibility index (Phi) is 4.18. The molecule has 1 aromatic rings. The molecule has 1 aromatic heterocycles. The molecule has 17 heavy (non-hydrogen) atoms. The summed E-state index contributed by atoms with van der Waals surface area (Å²) in [6.07, 6.45) is 3.27. The van der Waals surface area contributed by atoms with Gasteiger partial charge in [0, 0.05) is 38.9 Å². The van der Waals surface area contributed by atoms with Gasteiger partial charge in [-0.1, -0.05) is 13.8 Å². The maximum Gasteiger partial charge on any atom is 0.0764 e. The number of piperidine rings is 1. The molecule has 0 spiro atoms. The molecule has 1 saturated heterocycles. The molecule has 2 atom stereocenters. The van der Waals surface area contributed by atoms with E-state index >= 15 is 0 Å². The van der Waals surface area contributed by atoms with Gasteiger partial charge in [0.15, 0.2) is 0 Å². The van der Waals surface area contributed by atoms with Crippen LogP contribution in [0.15, 0.2) is 12.3 Å². The van der Waals surface area contributed by atoms with Crippen molar-refractivity contribution in [2.75, 3.05) is 19.6 Å². The average molecular weight is 236 g/mol. The van der Waals surface area contributed by atoms with Gasteiger partial charge in [-0.25, -0.2) is 0 Å². The number of nitrogens with zero attached hydrogens (tertiary/aromatic N) is 3. The van der Waals surface area contributed by atoms with E-state index in [-0.39, 0.29) is 0 Å². The lowest BCUT2D eigenvalue weighted by Crippen LogP contribution is -2.47. The number of hydrogen-bond donors (Lipinski definition) is 1. The lowest BCUT2D eigenvalue weighted by atomic mass is 9.94. The molecule has 2 rings (SSSR count). The SMILES string of the molecule is CCNC1CCN(Cc2ccn(C)n2)CC1C. The minimum absolute atomic E-state index is 0.694. The van der Waals surface area contributed by atoms with Crippen molar-refractivity contribution in [1.29, 1.82) is 0 Å². The van der Waals surface area contributed by atoms with E-state index in [0.717, 1.165) is 19.0 Å². The summed E-state index contributed by atoms with van der Waals surface area (Å²) in [5, 5.41) is 8.02. The van der Waals surface area contributed by atoms with Crippen LogP contribution in [0.1, 0.15) is 26.0 Å². The predicted octanol–water partition coefficient (Wildman–Crippen LogP) is 1.24. The number of aryl methyl sites for hydroxylation is 1. The average Bonchev–Trinajstić information content (AvgIpc) is 2.68. The summed E-state index contributed by atoms with van der Waals surface area (Å²) in [5.74, 6) is 0.729. The molecule has 1 aliphatic rings. The van der Waals surface area contributed by atoms with Gasteiger partial charge in [0.25, 0.3) is 0 Å². The fourth-order valence-electron chi connectivity index (χ4n) is 2.72. The van der Waals surface area contributed by atoms with Crippen molar-refractivity contribution in [2.45, 2.75) is 32.9 Å². The normalized spacial score (nSPS) is 26.3. The molecular formula is C13H24N4. The first-order chi connectivity index (χ1) is 8.19. The van der Waals surface area contributed by atoms with E-state index in [2.05, 4.69) is 35.2 Å². The Morgan fingerprint density at radius 1 is 1.53 bits per heavy atom. The summed E-state index contributed by atoms with van der Waals surface area (Å²) in [5.41, 5.74) is 1.18. The molecule has 0 saturated carbocycles. The fraction of sp³-hybridized carbons (Fsp3) is 0.769. The second-order valence-electron chi connectivity index (χ2n) is 5.15. The number of likely N-dealkylation sites (tertiary alicyclic amines) is 1. The van der Waals surface area contributed by atoms with Crippen LogP contribution in [0.25, 0.3) is 0 Å². The summed E-state index contributed by atoms with van der Waals surface area (Å²) in [4.78, 5) is 2.51. The van der Waals surface area contributed by atoms with Gasteiger partial charge in [0.2, 0.25) is 0 Å². The van der Waals surface area contributed by atoms with Gasteiger partial charge in [0.1, 0.15) is 0 Å². The molecule has 1 fully saturated rings. The maximum atomic E-state index is 4.44. The molecule has 0 amide bonds. The van der Waals surface area contributed by atoms with Crippen LogP contribution in [0.4, 0.5) is 0 Å². The van der Waals surface area contributed by atoms with Crippen molar-refractivity contribution in [3.63, 3.8) is 0 Å². The molecule has 1 aliphatic heterocycles. The van der Waals surface area contributed by atoms with Gasteiger partial charge in [-0.15, -0.1) is 0 Å². The smallest absolute Gasteiger partial charge is 0.0764 e. The molecule has 2 unspecified atom stereocenters. The van der Waals surface area contributed by atoms with Crippen molar-refractivity contribution in [1.82, 2.24) is 20.0 Å². The lowest BCUT2D eigenvalue weighted by molar-refractivity contribution is 0.140. The van der Waals surface area contributed by atoms with Crippen LogP contribution < -0.4 is 5.32 Å². The first-order valence-electron chi connectivity index (χ1n) is 6.63. The minimum atomic E-state index is 0.694. The third kappa shape index (κ3) is 3.30. The van der Waals surface area contributed by atoms with Crippen LogP contribution >= 0.6 is 0 Å². The highest BCUT2D eigenvalue weighted by Gasteiger charge is 2.25. The molecule has 1 N–H and O–H groups in total. The van der Waals surface area contributed by atoms with E-state index in [9.17, 15) is 0 Å². The zero-order chi connectivity index (χ0) is 12.3. The van der Waals surface area contributed by atoms with Gasteiger partial charge in [0.05, 0.1) is 5.69 Å². The number of nitrogens with one attached hydrogen (secondary N) is 1. The van der Waals surface area contributed by atoms with Gasteiger partial charge in [-0.05, 0) is 24.9 Å². The number of hydrogen-bond acceptors (Lipinski definition) is 3.